The van der Waals surface area contributed by atoms with Crippen molar-refractivity contribution >= 4 is 12.4 Å². The number of hydrogen-bond acceptors (Lipinski definition) is 2. The topological polar surface area (TPSA) is 36.2 Å². The molecule has 366 valence electrons. The molecule has 2 nitrogen and oxygen atoms in total. The van der Waals surface area contributed by atoms with Gasteiger partial charge in [0.15, 0.2) is 0 Å². The second-order valence-corrected chi connectivity index (χ2v) is 18.2. The van der Waals surface area contributed by atoms with Crippen molar-refractivity contribution in [3.05, 3.63) is 238 Å². The molecule has 0 amide bonds. The molecule has 1 N–H and O–H groups in total. The first-order valence-electron chi connectivity index (χ1n) is 26.3. The fourth-order valence-electron chi connectivity index (χ4n) is 9.20. The van der Waals surface area contributed by atoms with Gasteiger partial charge in [-0.05, 0) is 164 Å². The van der Waals surface area contributed by atoms with Crippen LogP contribution < -0.4 is 0 Å². The number of fused-ring (bicyclic) bond motifs is 3. The lowest BCUT2D eigenvalue weighted by Gasteiger charge is -2.33. The second kappa shape index (κ2) is 31.0. The van der Waals surface area contributed by atoms with E-state index in [4.69, 9.17) is 5.41 Å². The SMILES string of the molecule is C=NCCC1C=CC=C1C.CC.CC.CC/C=C\C=C/CC(C)=N.Cc1ccc(-c2ccc3c(c2)-c2ccccc2C3)cc1C1C=C(C2=CCCC=C2)C=C(C2=CC=CCC2)C1C.Cc1ccccc1. The van der Waals surface area contributed by atoms with Crippen molar-refractivity contribution in [2.45, 2.75) is 127 Å². The van der Waals surface area contributed by atoms with E-state index in [1.807, 2.05) is 71.0 Å². The molecule has 4 aromatic carbocycles. The van der Waals surface area contributed by atoms with Gasteiger partial charge in [0.1, 0.15) is 0 Å². The molecule has 2 heteroatoms. The summed E-state index contributed by atoms with van der Waals surface area (Å²) in [6.07, 6.45) is 42.2. The molecule has 0 fully saturated rings. The fourth-order valence-corrected chi connectivity index (χ4v) is 9.20. The van der Waals surface area contributed by atoms with Gasteiger partial charge < -0.3 is 10.4 Å². The van der Waals surface area contributed by atoms with Gasteiger partial charge in [-0.15, -0.1) is 0 Å². The molecule has 5 aliphatic carbocycles. The summed E-state index contributed by atoms with van der Waals surface area (Å²) in [6, 6.07) is 33.4. The quantitative estimate of drug-likeness (QED) is 0.101. The molecule has 0 aliphatic heterocycles. The highest BCUT2D eigenvalue weighted by atomic mass is 14.7. The number of hydrogen-bond donors (Lipinski definition) is 1. The number of nitrogens with zero attached hydrogens (tertiary/aromatic N) is 1. The van der Waals surface area contributed by atoms with E-state index in [0.29, 0.717) is 23.5 Å². The molecule has 4 aromatic rings. The van der Waals surface area contributed by atoms with E-state index in [-0.39, 0.29) is 0 Å². The van der Waals surface area contributed by atoms with E-state index < -0.39 is 0 Å². The molecule has 0 spiro atoms. The van der Waals surface area contributed by atoms with Crippen LogP contribution >= 0.6 is 0 Å². The number of allylic oxidation sites excluding steroid dienone is 20. The van der Waals surface area contributed by atoms with Crippen LogP contribution in [0.15, 0.2) is 215 Å². The van der Waals surface area contributed by atoms with Crippen LogP contribution in [-0.2, 0) is 6.42 Å². The number of benzene rings is 4. The largest absolute Gasteiger partial charge is 0.310 e. The average molecular weight is 929 g/mol. The van der Waals surface area contributed by atoms with Crippen molar-refractivity contribution in [3.63, 3.8) is 0 Å². The van der Waals surface area contributed by atoms with Crippen LogP contribution in [0.2, 0.25) is 0 Å². The molecule has 0 radical (unpaired) electrons. The predicted octanol–water partition coefficient (Wildman–Crippen LogP) is 19.6. The smallest absolute Gasteiger partial charge is 0.0390 e. The Morgan fingerprint density at radius 3 is 2.11 bits per heavy atom. The van der Waals surface area contributed by atoms with Gasteiger partial charge in [0.2, 0.25) is 0 Å². The molecular weight excluding hydrogens is 845 g/mol. The van der Waals surface area contributed by atoms with E-state index in [0.717, 1.165) is 57.9 Å². The van der Waals surface area contributed by atoms with Gasteiger partial charge in [-0.1, -0.05) is 229 Å². The minimum absolute atomic E-state index is 0.345. The number of rotatable bonds is 11. The van der Waals surface area contributed by atoms with Crippen molar-refractivity contribution in [1.82, 2.24) is 0 Å². The van der Waals surface area contributed by atoms with Crippen molar-refractivity contribution in [2.24, 2.45) is 16.8 Å². The summed E-state index contributed by atoms with van der Waals surface area (Å²) < 4.78 is 0. The molecule has 0 bridgehead atoms. The lowest BCUT2D eigenvalue weighted by Crippen LogP contribution is -2.18. The molecule has 0 aromatic heterocycles. The monoisotopic (exact) mass is 929 g/mol. The maximum atomic E-state index is 7.10. The third-order valence-electron chi connectivity index (χ3n) is 13.1. The summed E-state index contributed by atoms with van der Waals surface area (Å²) in [4.78, 5) is 3.82. The Kier molecular flexibility index (Phi) is 24.9. The summed E-state index contributed by atoms with van der Waals surface area (Å²) in [5.41, 5.74) is 20.4. The van der Waals surface area contributed by atoms with E-state index in [1.54, 1.807) is 0 Å². The van der Waals surface area contributed by atoms with Crippen molar-refractivity contribution in [2.75, 3.05) is 6.54 Å². The minimum atomic E-state index is 0.345. The Balaban J connectivity index is 0.000000279. The van der Waals surface area contributed by atoms with Crippen molar-refractivity contribution < 1.29 is 0 Å². The highest BCUT2D eigenvalue weighted by molar-refractivity contribution is 5.82. The Morgan fingerprint density at radius 2 is 1.47 bits per heavy atom. The first-order chi connectivity index (χ1) is 34.2. The summed E-state index contributed by atoms with van der Waals surface area (Å²) in [5.74, 6) is 1.41. The van der Waals surface area contributed by atoms with Gasteiger partial charge in [0.25, 0.3) is 0 Å². The maximum Gasteiger partial charge on any atom is 0.0390 e. The van der Waals surface area contributed by atoms with Gasteiger partial charge in [-0.25, -0.2) is 0 Å². The number of aryl methyl sites for hydroxylation is 2. The Labute approximate surface area is 425 Å². The predicted molar refractivity (Wildman–Crippen MR) is 312 cm³/mol. The zero-order valence-corrected chi connectivity index (χ0v) is 44.6. The molecule has 70 heavy (non-hydrogen) atoms. The molecule has 0 heterocycles. The van der Waals surface area contributed by atoms with Crippen LogP contribution in [0.1, 0.15) is 134 Å². The molecule has 5 aliphatic rings. The third-order valence-corrected chi connectivity index (χ3v) is 13.1. The fraction of sp³-hybridized carbons (Fsp3) is 0.324. The van der Waals surface area contributed by atoms with Crippen molar-refractivity contribution in [3.8, 4) is 22.3 Å². The van der Waals surface area contributed by atoms with Crippen LogP contribution in [0.3, 0.4) is 0 Å². The zero-order chi connectivity index (χ0) is 50.7. The lowest BCUT2D eigenvalue weighted by molar-refractivity contribution is 0.592. The Morgan fingerprint density at radius 1 is 0.757 bits per heavy atom. The second-order valence-electron chi connectivity index (χ2n) is 18.2. The van der Waals surface area contributed by atoms with Crippen molar-refractivity contribution in [1.29, 1.82) is 5.41 Å². The summed E-state index contributed by atoms with van der Waals surface area (Å²) in [6.45, 7) is 25.2. The summed E-state index contributed by atoms with van der Waals surface area (Å²) in [5, 5.41) is 7.10. The minimum Gasteiger partial charge on any atom is -0.310 e. The van der Waals surface area contributed by atoms with Gasteiger partial charge in [0.05, 0.1) is 0 Å². The number of aliphatic imine (C=N–C) groups is 1. The van der Waals surface area contributed by atoms with E-state index in [2.05, 4.69) is 192 Å². The zero-order valence-electron chi connectivity index (χ0n) is 44.6. The van der Waals surface area contributed by atoms with Crippen LogP contribution in [0, 0.1) is 31.1 Å². The highest BCUT2D eigenvalue weighted by Gasteiger charge is 2.29. The maximum absolute atomic E-state index is 7.10. The number of nitrogens with one attached hydrogen (secondary N) is 1. The molecule has 0 saturated carbocycles. The van der Waals surface area contributed by atoms with Crippen LogP contribution in [-0.4, -0.2) is 19.0 Å². The molecule has 3 atom stereocenters. The highest BCUT2D eigenvalue weighted by Crippen LogP contribution is 2.45. The lowest BCUT2D eigenvalue weighted by atomic mass is 9.71. The van der Waals surface area contributed by atoms with Gasteiger partial charge in [-0.2, -0.15) is 0 Å². The van der Waals surface area contributed by atoms with E-state index in [9.17, 15) is 0 Å². The van der Waals surface area contributed by atoms with E-state index >= 15 is 0 Å². The van der Waals surface area contributed by atoms with Crippen LogP contribution in [0.5, 0.6) is 0 Å². The first kappa shape index (κ1) is 56.2. The molecule has 0 saturated heterocycles. The normalized spacial score (nSPS) is 17.9. The van der Waals surface area contributed by atoms with Crippen LogP contribution in [0.4, 0.5) is 0 Å². The summed E-state index contributed by atoms with van der Waals surface area (Å²) >= 11 is 0. The Hall–Kier alpha value is -6.38. The standard InChI is InChI=1S/C39H36.C9H13N.C9H15N.C7H8.2C2H6/c1-26-17-18-30(31-19-20-33-21-32-15-9-10-16-35(32)39(33)23-31)22-36(26)38-25-34(28-11-5-3-6-12-28)24-37(27(38)2)29-13-7-4-8-14-29;1-8-4-3-5-9(8)6-7-10-2;1-3-4-5-6-7-8-9(2)10;1-7-5-3-2-4-6-7;2*1-2/h4-5,7,9-13,15-20,22-25,27,38H,3,6,8,14,21H2,1-2H3;3-5,9H,2,6-7H2,1H3;4-7,10H,3,8H2,1-2H3;2-6H,1H3;2*1-2H3/b;;5-4-,7-6-,10-9?;;;. The van der Waals surface area contributed by atoms with Crippen LogP contribution in [0.25, 0.3) is 22.3 Å². The molecular formula is C68H84N2. The van der Waals surface area contributed by atoms with Gasteiger partial charge in [0, 0.05) is 24.6 Å². The molecule has 3 unspecified atom stereocenters. The summed E-state index contributed by atoms with van der Waals surface area (Å²) in [7, 11) is 0. The molecule has 9 rings (SSSR count). The third kappa shape index (κ3) is 16.9. The first-order valence-corrected chi connectivity index (χ1v) is 26.3. The van der Waals surface area contributed by atoms with Gasteiger partial charge in [-0.3, -0.25) is 0 Å². The Bertz CT molecular complexity index is 2610. The van der Waals surface area contributed by atoms with E-state index in [1.165, 1.54) is 77.9 Å². The van der Waals surface area contributed by atoms with Gasteiger partial charge >= 0.3 is 0 Å². The average Bonchev–Trinajstić information content (AvgIpc) is 4.00.